The van der Waals surface area contributed by atoms with Crippen molar-refractivity contribution in [2.45, 2.75) is 18.4 Å². The first-order chi connectivity index (χ1) is 15.7. The van der Waals surface area contributed by atoms with E-state index in [1.807, 2.05) is 0 Å². The van der Waals surface area contributed by atoms with Gasteiger partial charge in [-0.1, -0.05) is 11.6 Å². The maximum Gasteiger partial charge on any atom is 0.296 e. The van der Waals surface area contributed by atoms with E-state index in [0.29, 0.717) is 23.2 Å². The monoisotopic (exact) mass is 482 g/mol. The van der Waals surface area contributed by atoms with Gasteiger partial charge in [0.1, 0.15) is 35.2 Å². The van der Waals surface area contributed by atoms with Gasteiger partial charge in [-0.15, -0.1) is 0 Å². The van der Waals surface area contributed by atoms with Crippen molar-refractivity contribution in [3.63, 3.8) is 0 Å². The standard InChI is InChI=1S/C22H22ClF3N4O3/c1-30-5-4-19(22(25,26)10-30)33-18-7-12(31-2)6-16-20(18)21(28-11-27-16)29-15-9-17(32-3)13(23)8-14(15)24/h6-9,11,19H,4-5,10H2,1-3H3,(H,27,28,29)/t19-/m1/s1. The lowest BCUT2D eigenvalue weighted by molar-refractivity contribution is -0.134. The van der Waals surface area contributed by atoms with E-state index < -0.39 is 24.4 Å². The zero-order valence-electron chi connectivity index (χ0n) is 18.2. The molecule has 1 aliphatic rings. The van der Waals surface area contributed by atoms with E-state index in [1.165, 1.54) is 32.7 Å². The summed E-state index contributed by atoms with van der Waals surface area (Å²) in [5.41, 5.74) is 0.405. The van der Waals surface area contributed by atoms with E-state index in [0.717, 1.165) is 6.07 Å². The molecule has 0 radical (unpaired) electrons. The largest absolute Gasteiger partial charge is 0.497 e. The second-order valence-corrected chi connectivity index (χ2v) is 8.13. The van der Waals surface area contributed by atoms with Crippen molar-refractivity contribution >= 4 is 34.0 Å². The van der Waals surface area contributed by atoms with Gasteiger partial charge in [0.15, 0.2) is 6.10 Å². The Kier molecular flexibility index (Phi) is 6.40. The molecule has 2 aromatic carbocycles. The first-order valence-electron chi connectivity index (χ1n) is 10.1. The normalized spacial score (nSPS) is 18.2. The number of hydrogen-bond acceptors (Lipinski definition) is 7. The van der Waals surface area contributed by atoms with Crippen LogP contribution in [-0.4, -0.2) is 61.3 Å². The highest BCUT2D eigenvalue weighted by Gasteiger charge is 2.45. The summed E-state index contributed by atoms with van der Waals surface area (Å²) < 4.78 is 60.2. The first-order valence-corrected chi connectivity index (χ1v) is 10.5. The van der Waals surface area contributed by atoms with Crippen molar-refractivity contribution in [1.29, 1.82) is 0 Å². The molecule has 0 spiro atoms. The van der Waals surface area contributed by atoms with Crippen molar-refractivity contribution in [2.75, 3.05) is 39.7 Å². The number of benzene rings is 2. The summed E-state index contributed by atoms with van der Waals surface area (Å²) in [6.45, 7) is 0.0382. The van der Waals surface area contributed by atoms with Gasteiger partial charge in [0.05, 0.1) is 42.4 Å². The van der Waals surface area contributed by atoms with Gasteiger partial charge in [0, 0.05) is 31.2 Å². The molecule has 4 rings (SSSR count). The molecule has 1 fully saturated rings. The van der Waals surface area contributed by atoms with E-state index in [1.54, 1.807) is 18.0 Å². The SMILES string of the molecule is COc1cc(O[C@@H]2CCN(C)CC2(F)F)c2c(Nc3cc(OC)c(Cl)cc3F)ncnc2c1. The van der Waals surface area contributed by atoms with Gasteiger partial charge in [0.2, 0.25) is 0 Å². The van der Waals surface area contributed by atoms with Crippen LogP contribution in [0.15, 0.2) is 30.6 Å². The molecule has 0 bridgehead atoms. The number of halogens is 4. The highest BCUT2D eigenvalue weighted by Crippen LogP contribution is 2.40. The number of hydrogen-bond donors (Lipinski definition) is 1. The van der Waals surface area contributed by atoms with Gasteiger partial charge in [0.25, 0.3) is 5.92 Å². The molecule has 176 valence electrons. The van der Waals surface area contributed by atoms with Crippen molar-refractivity contribution in [2.24, 2.45) is 0 Å². The number of anilines is 2. The zero-order chi connectivity index (χ0) is 23.8. The molecule has 1 aromatic heterocycles. The van der Waals surface area contributed by atoms with Crippen molar-refractivity contribution < 1.29 is 27.4 Å². The maximum atomic E-state index is 14.7. The highest BCUT2D eigenvalue weighted by molar-refractivity contribution is 6.32. The highest BCUT2D eigenvalue weighted by atomic mass is 35.5. The number of rotatable bonds is 6. The number of ether oxygens (including phenoxy) is 3. The lowest BCUT2D eigenvalue weighted by Gasteiger charge is -2.36. The number of piperidine rings is 1. The Morgan fingerprint density at radius 3 is 2.61 bits per heavy atom. The molecule has 1 N–H and O–H groups in total. The second-order valence-electron chi connectivity index (χ2n) is 7.73. The zero-order valence-corrected chi connectivity index (χ0v) is 18.9. The van der Waals surface area contributed by atoms with E-state index in [4.69, 9.17) is 25.8 Å². The molecular formula is C22H22ClF3N4O3. The third kappa shape index (κ3) is 4.72. The van der Waals surface area contributed by atoms with E-state index in [2.05, 4.69) is 15.3 Å². The van der Waals surface area contributed by atoms with Crippen molar-refractivity contribution in [3.8, 4) is 17.2 Å². The third-order valence-electron chi connectivity index (χ3n) is 5.40. The molecule has 0 amide bonds. The third-order valence-corrected chi connectivity index (χ3v) is 5.69. The topological polar surface area (TPSA) is 68.7 Å². The molecule has 33 heavy (non-hydrogen) atoms. The van der Waals surface area contributed by atoms with Crippen LogP contribution in [0.5, 0.6) is 17.2 Å². The number of aromatic nitrogens is 2. The van der Waals surface area contributed by atoms with Gasteiger partial charge >= 0.3 is 0 Å². The Morgan fingerprint density at radius 1 is 1.12 bits per heavy atom. The Bertz CT molecular complexity index is 1180. The molecule has 2 heterocycles. The van der Waals surface area contributed by atoms with E-state index in [9.17, 15) is 13.2 Å². The number of likely N-dealkylation sites (tertiary alicyclic amines) is 1. The average Bonchev–Trinajstić information content (AvgIpc) is 2.76. The second kappa shape index (κ2) is 9.11. The minimum absolute atomic E-state index is 0.0302. The minimum Gasteiger partial charge on any atom is -0.497 e. The molecule has 0 saturated carbocycles. The average molecular weight is 483 g/mol. The van der Waals surface area contributed by atoms with Gasteiger partial charge in [-0.2, -0.15) is 0 Å². The molecule has 11 heteroatoms. The Hall–Kier alpha value is -2.98. The number of methoxy groups -OCH3 is 2. The number of nitrogens with one attached hydrogen (secondary N) is 1. The fourth-order valence-electron chi connectivity index (χ4n) is 3.73. The summed E-state index contributed by atoms with van der Waals surface area (Å²) in [4.78, 5) is 9.97. The lowest BCUT2D eigenvalue weighted by atomic mass is 10.0. The quantitative estimate of drug-likeness (QED) is 0.536. The number of nitrogens with zero attached hydrogens (tertiary/aromatic N) is 3. The lowest BCUT2D eigenvalue weighted by Crippen LogP contribution is -2.52. The van der Waals surface area contributed by atoms with Crippen LogP contribution in [0.1, 0.15) is 6.42 Å². The number of fused-ring (bicyclic) bond motifs is 1. The Balaban J connectivity index is 1.79. The number of alkyl halides is 2. The van der Waals surface area contributed by atoms with Crippen molar-refractivity contribution in [1.82, 2.24) is 14.9 Å². The van der Waals surface area contributed by atoms with Gasteiger partial charge < -0.3 is 24.4 Å². The van der Waals surface area contributed by atoms with Gasteiger partial charge in [-0.3, -0.25) is 0 Å². The summed E-state index contributed by atoms with van der Waals surface area (Å²) in [6.07, 6.45) is 0.0366. The summed E-state index contributed by atoms with van der Waals surface area (Å²) >= 11 is 5.98. The molecular weight excluding hydrogens is 461 g/mol. The fraction of sp³-hybridized carbons (Fsp3) is 0.364. The van der Waals surface area contributed by atoms with E-state index >= 15 is 0 Å². The van der Waals surface area contributed by atoms with Crippen LogP contribution in [0.2, 0.25) is 5.02 Å². The first kappa shape index (κ1) is 23.2. The van der Waals surface area contributed by atoms with Crippen LogP contribution in [0.3, 0.4) is 0 Å². The Morgan fingerprint density at radius 2 is 1.91 bits per heavy atom. The van der Waals surface area contributed by atoms with E-state index in [-0.39, 0.29) is 34.4 Å². The van der Waals surface area contributed by atoms with Crippen LogP contribution >= 0.6 is 11.6 Å². The molecule has 1 saturated heterocycles. The minimum atomic E-state index is -3.07. The summed E-state index contributed by atoms with van der Waals surface area (Å²) in [7, 11) is 4.49. The molecule has 7 nitrogen and oxygen atoms in total. The molecule has 1 atom stereocenters. The molecule has 0 aliphatic carbocycles. The smallest absolute Gasteiger partial charge is 0.296 e. The summed E-state index contributed by atoms with van der Waals surface area (Å²) in [5.74, 6) is -2.83. The van der Waals surface area contributed by atoms with Gasteiger partial charge in [-0.05, 0) is 13.1 Å². The summed E-state index contributed by atoms with van der Waals surface area (Å²) in [5, 5.41) is 3.29. The van der Waals surface area contributed by atoms with Crippen LogP contribution in [0.25, 0.3) is 10.9 Å². The maximum absolute atomic E-state index is 14.7. The summed E-state index contributed by atoms with van der Waals surface area (Å²) in [6, 6.07) is 5.58. The molecule has 0 unspecified atom stereocenters. The van der Waals surface area contributed by atoms with Crippen molar-refractivity contribution in [3.05, 3.63) is 41.4 Å². The van der Waals surface area contributed by atoms with Crippen LogP contribution < -0.4 is 19.5 Å². The Labute approximate surface area is 193 Å². The molecule has 3 aromatic rings. The fourth-order valence-corrected chi connectivity index (χ4v) is 3.96. The predicted molar refractivity (Wildman–Crippen MR) is 119 cm³/mol. The molecule has 1 aliphatic heterocycles. The van der Waals surface area contributed by atoms with Crippen LogP contribution in [0.4, 0.5) is 24.7 Å². The van der Waals surface area contributed by atoms with Crippen LogP contribution in [0, 0.1) is 5.82 Å². The predicted octanol–water partition coefficient (Wildman–Crippen LogP) is 4.90. The van der Waals surface area contributed by atoms with Gasteiger partial charge in [-0.25, -0.2) is 23.1 Å². The van der Waals surface area contributed by atoms with Crippen LogP contribution in [-0.2, 0) is 0 Å².